The van der Waals surface area contributed by atoms with E-state index in [1.54, 1.807) is 26.3 Å². The second-order valence-electron chi connectivity index (χ2n) is 10.3. The minimum atomic E-state index is -0.355. The van der Waals surface area contributed by atoms with Crippen molar-refractivity contribution in [3.8, 4) is 17.2 Å². The molecule has 0 spiro atoms. The number of halogens is 1. The van der Waals surface area contributed by atoms with E-state index in [0.29, 0.717) is 24.5 Å². The van der Waals surface area contributed by atoms with E-state index in [1.807, 2.05) is 78.9 Å². The molecule has 0 bridgehead atoms. The van der Waals surface area contributed by atoms with Crippen LogP contribution in [0.25, 0.3) is 10.9 Å². The Hall–Kier alpha value is -4.40. The summed E-state index contributed by atoms with van der Waals surface area (Å²) in [6.07, 6.45) is 2.63. The molecule has 1 amide bonds. The van der Waals surface area contributed by atoms with Crippen LogP contribution in [-0.4, -0.2) is 48.3 Å². The van der Waals surface area contributed by atoms with Crippen LogP contribution in [0.15, 0.2) is 107 Å². The van der Waals surface area contributed by atoms with Gasteiger partial charge in [0.15, 0.2) is 11.5 Å². The van der Waals surface area contributed by atoms with Gasteiger partial charge in [-0.15, -0.1) is 11.8 Å². The van der Waals surface area contributed by atoms with E-state index in [9.17, 15) is 4.79 Å². The molecule has 0 radical (unpaired) electrons. The summed E-state index contributed by atoms with van der Waals surface area (Å²) in [5.41, 5.74) is 4.71. The maximum atomic E-state index is 14.0. The fourth-order valence-electron chi connectivity index (χ4n) is 5.59. The Labute approximate surface area is 266 Å². The molecule has 1 atom stereocenters. The van der Waals surface area contributed by atoms with Crippen molar-refractivity contribution < 1.29 is 19.0 Å². The van der Waals surface area contributed by atoms with Crippen LogP contribution < -0.4 is 14.2 Å². The normalized spacial score (nSPS) is 14.5. The molecule has 5 aromatic rings. The number of methoxy groups -OCH3 is 3. The monoisotopic (exact) mass is 625 g/mol. The molecule has 1 unspecified atom stereocenters. The second kappa shape index (κ2) is 13.1. The third-order valence-electron chi connectivity index (χ3n) is 7.78. The van der Waals surface area contributed by atoms with E-state index < -0.39 is 0 Å². The highest BCUT2D eigenvalue weighted by Gasteiger charge is 2.35. The highest BCUT2D eigenvalue weighted by Crippen LogP contribution is 2.42. The first-order valence-electron chi connectivity index (χ1n) is 14.2. The fourth-order valence-corrected chi connectivity index (χ4v) is 6.73. The van der Waals surface area contributed by atoms with Crippen molar-refractivity contribution in [1.82, 2.24) is 9.58 Å². The third-order valence-corrected chi connectivity index (χ3v) is 9.18. The number of rotatable bonds is 10. The van der Waals surface area contributed by atoms with Crippen molar-refractivity contribution in [2.45, 2.75) is 23.9 Å². The first-order valence-corrected chi connectivity index (χ1v) is 15.6. The molecule has 1 aliphatic rings. The van der Waals surface area contributed by atoms with Crippen LogP contribution in [0, 0.1) is 0 Å². The first-order chi connectivity index (χ1) is 21.5. The Morgan fingerprint density at radius 2 is 1.68 bits per heavy atom. The van der Waals surface area contributed by atoms with E-state index in [-0.39, 0.29) is 17.7 Å². The number of carbonyl (C=O) groups is 1. The van der Waals surface area contributed by atoms with Gasteiger partial charge >= 0.3 is 0 Å². The number of fused-ring (bicyclic) bond motifs is 1. The molecule has 0 N–H and O–H groups in total. The number of thioether (sulfide) groups is 1. The lowest BCUT2D eigenvalue weighted by molar-refractivity contribution is -0.130. The van der Waals surface area contributed by atoms with E-state index in [1.165, 1.54) is 11.8 Å². The zero-order chi connectivity index (χ0) is 30.6. The molecule has 1 aromatic heterocycles. The molecule has 7 nitrogen and oxygen atoms in total. The van der Waals surface area contributed by atoms with E-state index in [4.69, 9.17) is 30.9 Å². The molecule has 9 heteroatoms. The van der Waals surface area contributed by atoms with Gasteiger partial charge in [-0.1, -0.05) is 60.1 Å². The van der Waals surface area contributed by atoms with Gasteiger partial charge in [0.25, 0.3) is 5.91 Å². The minimum Gasteiger partial charge on any atom is -0.497 e. The van der Waals surface area contributed by atoms with Crippen LogP contribution in [0.3, 0.4) is 0 Å². The molecule has 224 valence electrons. The standard InChI is InChI=1S/C35H32ClN3O4S/c1-41-25-17-15-23(16-18-25)29-19-31(27-11-8-14-32(42-2)35(27)43-3)39(37-29)34(40)22-44-33-21-38(30-13-7-5-10-26(30)33)20-24-9-4-6-12-28(24)36/h4-18,21,31H,19-20,22H2,1-3H3. The van der Waals surface area contributed by atoms with Crippen LogP contribution in [0.4, 0.5) is 0 Å². The molecule has 1 aliphatic heterocycles. The predicted octanol–water partition coefficient (Wildman–Crippen LogP) is 7.84. The topological polar surface area (TPSA) is 65.3 Å². The van der Waals surface area contributed by atoms with Gasteiger partial charge in [-0.3, -0.25) is 4.79 Å². The van der Waals surface area contributed by atoms with Crippen molar-refractivity contribution in [2.24, 2.45) is 5.10 Å². The highest BCUT2D eigenvalue weighted by atomic mass is 35.5. The van der Waals surface area contributed by atoms with Gasteiger partial charge in [-0.05, 0) is 53.6 Å². The summed E-state index contributed by atoms with van der Waals surface area (Å²) in [6, 6.07) is 29.2. The maximum Gasteiger partial charge on any atom is 0.253 e. The number of hydrogen-bond donors (Lipinski definition) is 0. The number of hydrazone groups is 1. The molecule has 2 heterocycles. The van der Waals surface area contributed by atoms with Crippen LogP contribution in [0.5, 0.6) is 17.2 Å². The minimum absolute atomic E-state index is 0.101. The molecule has 0 fully saturated rings. The Kier molecular flexibility index (Phi) is 8.82. The number of benzene rings is 4. The average molecular weight is 626 g/mol. The van der Waals surface area contributed by atoms with Gasteiger partial charge in [-0.25, -0.2) is 5.01 Å². The molecule has 0 aliphatic carbocycles. The Balaban J connectivity index is 1.30. The molecule has 0 saturated heterocycles. The number of carbonyl (C=O) groups excluding carboxylic acids is 1. The van der Waals surface area contributed by atoms with Gasteiger partial charge in [0, 0.05) is 45.5 Å². The summed E-state index contributed by atoms with van der Waals surface area (Å²) >= 11 is 7.99. The average Bonchev–Trinajstić information content (AvgIpc) is 3.66. The van der Waals surface area contributed by atoms with Crippen molar-refractivity contribution >= 4 is 45.9 Å². The van der Waals surface area contributed by atoms with Crippen molar-refractivity contribution in [3.05, 3.63) is 119 Å². The lowest BCUT2D eigenvalue weighted by Crippen LogP contribution is -2.28. The van der Waals surface area contributed by atoms with Gasteiger partial charge in [0.05, 0.1) is 38.8 Å². The van der Waals surface area contributed by atoms with Crippen LogP contribution in [-0.2, 0) is 11.3 Å². The second-order valence-corrected chi connectivity index (χ2v) is 11.8. The van der Waals surface area contributed by atoms with Gasteiger partial charge in [0.1, 0.15) is 5.75 Å². The van der Waals surface area contributed by atoms with Crippen molar-refractivity contribution in [3.63, 3.8) is 0 Å². The first kappa shape index (κ1) is 29.7. The van der Waals surface area contributed by atoms with Crippen molar-refractivity contribution in [2.75, 3.05) is 27.1 Å². The molecule has 0 saturated carbocycles. The van der Waals surface area contributed by atoms with Gasteiger partial charge < -0.3 is 18.8 Å². The lowest BCUT2D eigenvalue weighted by Gasteiger charge is -2.24. The SMILES string of the molecule is COc1ccc(C2=NN(C(=O)CSc3cn(Cc4ccccc4Cl)c4ccccc34)C(c3cccc(OC)c3OC)C2)cc1. The molecular weight excluding hydrogens is 594 g/mol. The summed E-state index contributed by atoms with van der Waals surface area (Å²) in [6.45, 7) is 0.633. The largest absolute Gasteiger partial charge is 0.497 e. The maximum absolute atomic E-state index is 14.0. The fraction of sp³-hybridized carbons (Fsp3) is 0.200. The number of nitrogens with zero attached hydrogens (tertiary/aromatic N) is 3. The number of amides is 1. The van der Waals surface area contributed by atoms with E-state index in [0.717, 1.165) is 49.0 Å². The summed E-state index contributed by atoms with van der Waals surface area (Å²) in [5, 5.41) is 8.30. The third kappa shape index (κ3) is 5.87. The summed E-state index contributed by atoms with van der Waals surface area (Å²) in [7, 11) is 4.86. The Bertz CT molecular complexity index is 1840. The molecular formula is C35H32ClN3O4S. The number of aromatic nitrogens is 1. The van der Waals surface area contributed by atoms with Crippen molar-refractivity contribution in [1.29, 1.82) is 0 Å². The predicted molar refractivity (Wildman–Crippen MR) is 176 cm³/mol. The number of para-hydroxylation sites is 2. The highest BCUT2D eigenvalue weighted by molar-refractivity contribution is 8.00. The van der Waals surface area contributed by atoms with E-state index >= 15 is 0 Å². The molecule has 6 rings (SSSR count). The smallest absolute Gasteiger partial charge is 0.253 e. The quantitative estimate of drug-likeness (QED) is 0.148. The molecule has 4 aromatic carbocycles. The summed E-state index contributed by atoms with van der Waals surface area (Å²) < 4.78 is 18.9. The zero-order valence-electron chi connectivity index (χ0n) is 24.7. The van der Waals surface area contributed by atoms with Gasteiger partial charge in [0.2, 0.25) is 0 Å². The number of ether oxygens (including phenoxy) is 3. The molecule has 44 heavy (non-hydrogen) atoms. The Morgan fingerprint density at radius 3 is 2.43 bits per heavy atom. The van der Waals surface area contributed by atoms with Crippen LogP contribution in [0.2, 0.25) is 5.02 Å². The summed E-state index contributed by atoms with van der Waals surface area (Å²) in [4.78, 5) is 15.0. The van der Waals surface area contributed by atoms with E-state index in [2.05, 4.69) is 22.9 Å². The summed E-state index contributed by atoms with van der Waals surface area (Å²) in [5.74, 6) is 2.07. The van der Waals surface area contributed by atoms with Crippen LogP contribution in [0.1, 0.15) is 29.2 Å². The Morgan fingerprint density at radius 1 is 0.909 bits per heavy atom. The van der Waals surface area contributed by atoms with Gasteiger partial charge in [-0.2, -0.15) is 5.10 Å². The number of hydrogen-bond acceptors (Lipinski definition) is 6. The van der Waals surface area contributed by atoms with Crippen LogP contribution >= 0.6 is 23.4 Å². The zero-order valence-corrected chi connectivity index (χ0v) is 26.3. The lowest BCUT2D eigenvalue weighted by atomic mass is 9.97.